The van der Waals surface area contributed by atoms with Crippen LogP contribution < -0.4 is 5.73 Å². The van der Waals surface area contributed by atoms with Gasteiger partial charge in [0.15, 0.2) is 0 Å². The largest absolute Gasteiger partial charge is 0.456 e. The average molecular weight is 291 g/mol. The van der Waals surface area contributed by atoms with Crippen molar-refractivity contribution in [2.24, 2.45) is 0 Å². The van der Waals surface area contributed by atoms with Crippen LogP contribution in [0.2, 0.25) is 0 Å². The molecule has 2 N–H and O–H groups in total. The normalized spacial score (nSPS) is 11.3. The van der Waals surface area contributed by atoms with Gasteiger partial charge < -0.3 is 14.7 Å². The van der Waals surface area contributed by atoms with Crippen molar-refractivity contribution in [3.8, 4) is 11.4 Å². The Bertz CT molecular complexity index is 1030. The molecule has 2 heterocycles. The fourth-order valence-electron chi connectivity index (χ4n) is 2.45. The highest BCUT2D eigenvalue weighted by Gasteiger charge is 2.12. The van der Waals surface area contributed by atoms with Crippen LogP contribution in [0.3, 0.4) is 0 Å². The van der Waals surface area contributed by atoms with Crippen LogP contribution in [0.5, 0.6) is 0 Å². The second kappa shape index (κ2) is 4.46. The summed E-state index contributed by atoms with van der Waals surface area (Å²) >= 11 is 0. The van der Waals surface area contributed by atoms with Crippen molar-refractivity contribution >= 4 is 33.2 Å². The number of nitrogen functional groups attached to an aromatic ring is 1. The Morgan fingerprint density at radius 1 is 1.09 bits per heavy atom. The van der Waals surface area contributed by atoms with Crippen molar-refractivity contribution < 1.29 is 8.94 Å². The van der Waals surface area contributed by atoms with Gasteiger partial charge in [0.05, 0.1) is 0 Å². The minimum absolute atomic E-state index is 0.444. The van der Waals surface area contributed by atoms with Crippen LogP contribution in [0, 0.1) is 0 Å². The van der Waals surface area contributed by atoms with Gasteiger partial charge in [-0.15, -0.1) is 0 Å². The molecule has 0 fully saturated rings. The number of benzene rings is 2. The molecule has 4 rings (SSSR count). The molecule has 0 bridgehead atoms. The maximum absolute atomic E-state index is 5.81. The van der Waals surface area contributed by atoms with Crippen molar-refractivity contribution in [2.75, 3.05) is 5.73 Å². The van der Waals surface area contributed by atoms with Gasteiger partial charge in [0.2, 0.25) is 5.82 Å². The topological polar surface area (TPSA) is 78.1 Å². The lowest BCUT2D eigenvalue weighted by molar-refractivity contribution is 0.408. The van der Waals surface area contributed by atoms with Gasteiger partial charge in [-0.3, -0.25) is 0 Å². The molecule has 4 aromatic rings. The molecular formula is C17H13N3O2. The molecule has 0 saturated heterocycles. The number of anilines is 1. The summed E-state index contributed by atoms with van der Waals surface area (Å²) in [4.78, 5) is 4.34. The van der Waals surface area contributed by atoms with E-state index in [1.54, 1.807) is 0 Å². The summed E-state index contributed by atoms with van der Waals surface area (Å²) < 4.78 is 11.0. The highest BCUT2D eigenvalue weighted by atomic mass is 16.5. The van der Waals surface area contributed by atoms with Gasteiger partial charge >= 0.3 is 0 Å². The average Bonchev–Trinajstić information content (AvgIpc) is 3.10. The SMILES string of the molecule is C=C(C)c1nc(-c2ccc3oc4cc(N)ccc4c3c2)no1. The molecule has 0 aliphatic heterocycles. The van der Waals surface area contributed by atoms with Gasteiger partial charge in [-0.05, 0) is 37.3 Å². The molecule has 2 aromatic heterocycles. The highest BCUT2D eigenvalue weighted by molar-refractivity contribution is 6.06. The van der Waals surface area contributed by atoms with Gasteiger partial charge in [0, 0.05) is 33.7 Å². The molecule has 0 aliphatic rings. The zero-order valence-electron chi connectivity index (χ0n) is 12.0. The number of rotatable bonds is 2. The van der Waals surface area contributed by atoms with Crippen molar-refractivity contribution in [2.45, 2.75) is 6.92 Å². The zero-order chi connectivity index (χ0) is 15.3. The van der Waals surface area contributed by atoms with E-state index in [2.05, 4.69) is 16.7 Å². The van der Waals surface area contributed by atoms with E-state index < -0.39 is 0 Å². The van der Waals surface area contributed by atoms with Crippen LogP contribution in [0.15, 0.2) is 51.9 Å². The summed E-state index contributed by atoms with van der Waals surface area (Å²) in [5, 5.41) is 6.00. The predicted octanol–water partition coefficient (Wildman–Crippen LogP) is 4.25. The van der Waals surface area contributed by atoms with E-state index in [1.165, 1.54) is 0 Å². The van der Waals surface area contributed by atoms with Crippen molar-refractivity contribution in [3.63, 3.8) is 0 Å². The van der Waals surface area contributed by atoms with E-state index in [9.17, 15) is 0 Å². The van der Waals surface area contributed by atoms with Gasteiger partial charge in [0.25, 0.3) is 5.89 Å². The van der Waals surface area contributed by atoms with E-state index in [0.717, 1.165) is 33.1 Å². The molecule has 0 radical (unpaired) electrons. The van der Waals surface area contributed by atoms with E-state index in [4.69, 9.17) is 14.7 Å². The molecule has 22 heavy (non-hydrogen) atoms. The van der Waals surface area contributed by atoms with Gasteiger partial charge in [-0.25, -0.2) is 0 Å². The van der Waals surface area contributed by atoms with E-state index in [0.29, 0.717) is 17.4 Å². The number of aromatic nitrogens is 2. The molecule has 0 amide bonds. The lowest BCUT2D eigenvalue weighted by Gasteiger charge is -1.95. The third kappa shape index (κ3) is 1.87. The third-order valence-electron chi connectivity index (χ3n) is 3.54. The maximum Gasteiger partial charge on any atom is 0.253 e. The fraction of sp³-hybridized carbons (Fsp3) is 0.0588. The first-order chi connectivity index (χ1) is 10.6. The van der Waals surface area contributed by atoms with Crippen LogP contribution in [-0.4, -0.2) is 10.1 Å². The number of nitrogens with two attached hydrogens (primary N) is 1. The second-order valence-electron chi connectivity index (χ2n) is 5.27. The fourth-order valence-corrected chi connectivity index (χ4v) is 2.45. The quantitative estimate of drug-likeness (QED) is 0.558. The summed E-state index contributed by atoms with van der Waals surface area (Å²) in [6.45, 7) is 5.63. The molecule has 108 valence electrons. The molecule has 5 nitrogen and oxygen atoms in total. The molecule has 0 saturated carbocycles. The van der Waals surface area contributed by atoms with Crippen molar-refractivity contribution in [1.82, 2.24) is 10.1 Å². The first-order valence-electron chi connectivity index (χ1n) is 6.83. The second-order valence-corrected chi connectivity index (χ2v) is 5.27. The Morgan fingerprint density at radius 3 is 2.73 bits per heavy atom. The molecule has 0 spiro atoms. The molecule has 0 atom stereocenters. The summed E-state index contributed by atoms with van der Waals surface area (Å²) in [7, 11) is 0. The van der Waals surface area contributed by atoms with Gasteiger partial charge in [0.1, 0.15) is 11.2 Å². The first kappa shape index (κ1) is 12.6. The van der Waals surface area contributed by atoms with E-state index >= 15 is 0 Å². The Hall–Kier alpha value is -3.08. The van der Waals surface area contributed by atoms with E-state index in [1.807, 2.05) is 43.3 Å². The monoisotopic (exact) mass is 291 g/mol. The first-order valence-corrected chi connectivity index (χ1v) is 6.83. The third-order valence-corrected chi connectivity index (χ3v) is 3.54. The predicted molar refractivity (Wildman–Crippen MR) is 86.1 cm³/mol. The molecular weight excluding hydrogens is 278 g/mol. The summed E-state index contributed by atoms with van der Waals surface area (Å²) in [5.74, 6) is 0.976. The number of nitrogens with zero attached hydrogens (tertiary/aromatic N) is 2. The molecule has 5 heteroatoms. The minimum Gasteiger partial charge on any atom is -0.456 e. The van der Waals surface area contributed by atoms with Gasteiger partial charge in [-0.2, -0.15) is 4.98 Å². The standard InChI is InChI=1S/C17H13N3O2/c1-9(2)17-19-16(20-22-17)10-3-6-14-13(7-10)12-5-4-11(18)8-15(12)21-14/h3-8H,1,18H2,2H3. The number of fused-ring (bicyclic) bond motifs is 3. The highest BCUT2D eigenvalue weighted by Crippen LogP contribution is 2.32. The number of allylic oxidation sites excluding steroid dienone is 1. The van der Waals surface area contributed by atoms with Crippen LogP contribution >= 0.6 is 0 Å². The Kier molecular flexibility index (Phi) is 2.56. The number of hydrogen-bond donors (Lipinski definition) is 1. The molecule has 2 aromatic carbocycles. The summed E-state index contributed by atoms with van der Waals surface area (Å²) in [5.41, 5.74) is 9.64. The van der Waals surface area contributed by atoms with Crippen LogP contribution in [-0.2, 0) is 0 Å². The summed E-state index contributed by atoms with van der Waals surface area (Å²) in [6, 6.07) is 11.4. The van der Waals surface area contributed by atoms with Gasteiger partial charge in [-0.1, -0.05) is 11.7 Å². The lowest BCUT2D eigenvalue weighted by Crippen LogP contribution is -1.82. The number of furan rings is 1. The molecule has 0 unspecified atom stereocenters. The number of hydrogen-bond acceptors (Lipinski definition) is 5. The molecule has 0 aliphatic carbocycles. The lowest BCUT2D eigenvalue weighted by atomic mass is 10.1. The van der Waals surface area contributed by atoms with Crippen LogP contribution in [0.1, 0.15) is 12.8 Å². The Balaban J connectivity index is 1.92. The van der Waals surface area contributed by atoms with Crippen LogP contribution in [0.25, 0.3) is 38.9 Å². The van der Waals surface area contributed by atoms with Crippen molar-refractivity contribution in [1.29, 1.82) is 0 Å². The minimum atomic E-state index is 0.444. The smallest absolute Gasteiger partial charge is 0.253 e. The van der Waals surface area contributed by atoms with E-state index in [-0.39, 0.29) is 0 Å². The van der Waals surface area contributed by atoms with Crippen molar-refractivity contribution in [3.05, 3.63) is 48.9 Å². The summed E-state index contributed by atoms with van der Waals surface area (Å²) in [6.07, 6.45) is 0. The zero-order valence-corrected chi connectivity index (χ0v) is 12.0. The Labute approximate surface area is 126 Å². The Morgan fingerprint density at radius 2 is 1.95 bits per heavy atom. The van der Waals surface area contributed by atoms with Crippen LogP contribution in [0.4, 0.5) is 5.69 Å². The maximum atomic E-state index is 5.81.